The molecule has 13 heavy (non-hydrogen) atoms. The summed E-state index contributed by atoms with van der Waals surface area (Å²) in [6.07, 6.45) is 7.36. The van der Waals surface area contributed by atoms with Gasteiger partial charge in [0.1, 0.15) is 0 Å². The van der Waals surface area contributed by atoms with Crippen molar-refractivity contribution in [2.45, 2.75) is 13.3 Å². The Morgan fingerprint density at radius 3 is 2.77 bits per heavy atom. The molecular weight excluding hydrogens is 156 g/mol. The first kappa shape index (κ1) is 8.10. The Kier molecular flexibility index (Phi) is 2.16. The molecule has 1 aromatic carbocycles. The molecular formula is C13H12. The highest BCUT2D eigenvalue weighted by molar-refractivity contribution is 5.67. The maximum atomic E-state index is 3.18. The third-order valence-corrected chi connectivity index (χ3v) is 2.18. The fourth-order valence-corrected chi connectivity index (χ4v) is 1.47. The first-order valence-corrected chi connectivity index (χ1v) is 4.53. The average Bonchev–Trinajstić information content (AvgIpc) is 2.11. The minimum absolute atomic E-state index is 1.00. The number of allylic oxidation sites excluding steroid dienone is 2. The van der Waals surface area contributed by atoms with Crippen LogP contribution in [0.2, 0.25) is 0 Å². The van der Waals surface area contributed by atoms with Gasteiger partial charge in [-0.25, -0.2) is 0 Å². The van der Waals surface area contributed by atoms with E-state index in [1.54, 1.807) is 0 Å². The molecule has 0 N–H and O–H groups in total. The van der Waals surface area contributed by atoms with Crippen molar-refractivity contribution in [3.63, 3.8) is 0 Å². The van der Waals surface area contributed by atoms with Gasteiger partial charge in [0.2, 0.25) is 0 Å². The predicted octanol–water partition coefficient (Wildman–Crippen LogP) is 3.66. The molecule has 0 fully saturated rings. The highest BCUT2D eigenvalue weighted by Crippen LogP contribution is 2.17. The average molecular weight is 168 g/mol. The molecule has 0 saturated carbocycles. The van der Waals surface area contributed by atoms with Crippen LogP contribution >= 0.6 is 0 Å². The van der Waals surface area contributed by atoms with Crippen LogP contribution in [-0.4, -0.2) is 0 Å². The second-order valence-corrected chi connectivity index (χ2v) is 3.34. The molecule has 0 amide bonds. The summed E-state index contributed by atoms with van der Waals surface area (Å²) in [4.78, 5) is 0. The molecule has 2 rings (SSSR count). The lowest BCUT2D eigenvalue weighted by molar-refractivity contribution is 1.23. The van der Waals surface area contributed by atoms with E-state index >= 15 is 0 Å². The highest BCUT2D eigenvalue weighted by atomic mass is 14.0. The van der Waals surface area contributed by atoms with Crippen LogP contribution in [0.15, 0.2) is 41.6 Å². The van der Waals surface area contributed by atoms with E-state index in [1.165, 1.54) is 16.7 Å². The molecule has 1 aliphatic rings. The van der Waals surface area contributed by atoms with E-state index in [0.29, 0.717) is 0 Å². The van der Waals surface area contributed by atoms with Gasteiger partial charge in [0.05, 0.1) is 0 Å². The van der Waals surface area contributed by atoms with Crippen molar-refractivity contribution in [1.29, 1.82) is 0 Å². The molecule has 0 heteroatoms. The van der Waals surface area contributed by atoms with Gasteiger partial charge in [0.25, 0.3) is 0 Å². The van der Waals surface area contributed by atoms with Crippen molar-refractivity contribution < 1.29 is 0 Å². The van der Waals surface area contributed by atoms with Crippen LogP contribution in [0.1, 0.15) is 24.5 Å². The minimum atomic E-state index is 1.00. The second kappa shape index (κ2) is 3.47. The zero-order valence-corrected chi connectivity index (χ0v) is 7.75. The summed E-state index contributed by atoms with van der Waals surface area (Å²) < 4.78 is 0. The van der Waals surface area contributed by atoms with Crippen LogP contribution in [0, 0.1) is 0 Å². The Bertz CT molecular complexity index is 402. The molecule has 0 heterocycles. The first-order chi connectivity index (χ1) is 6.36. The minimum Gasteiger partial charge on any atom is -0.124 e. The zero-order chi connectivity index (χ0) is 9.10. The highest BCUT2D eigenvalue weighted by Gasteiger charge is 1.97. The molecule has 1 aromatic rings. The summed E-state index contributed by atoms with van der Waals surface area (Å²) in [5.41, 5.74) is 7.11. The fraction of sp³-hybridized carbons (Fsp3) is 0.154. The van der Waals surface area contributed by atoms with Crippen LogP contribution in [0.3, 0.4) is 0 Å². The van der Waals surface area contributed by atoms with Crippen molar-refractivity contribution in [3.8, 4) is 0 Å². The van der Waals surface area contributed by atoms with Gasteiger partial charge in [-0.15, -0.1) is 5.73 Å². The van der Waals surface area contributed by atoms with Crippen molar-refractivity contribution in [3.05, 3.63) is 52.8 Å². The quantitative estimate of drug-likeness (QED) is 0.518. The number of benzene rings is 1. The van der Waals surface area contributed by atoms with E-state index in [1.807, 2.05) is 6.08 Å². The predicted molar refractivity (Wildman–Crippen MR) is 57.3 cm³/mol. The molecule has 0 saturated heterocycles. The molecule has 0 spiro atoms. The Morgan fingerprint density at radius 2 is 1.92 bits per heavy atom. The van der Waals surface area contributed by atoms with E-state index in [0.717, 1.165) is 6.42 Å². The number of fused-ring (bicyclic) bond motifs is 1. The smallest absolute Gasteiger partial charge is 0.00620 e. The van der Waals surface area contributed by atoms with Crippen LogP contribution in [-0.2, 0) is 0 Å². The molecule has 0 aliphatic heterocycles. The third-order valence-electron chi connectivity index (χ3n) is 2.18. The molecule has 0 radical (unpaired) electrons. The third kappa shape index (κ3) is 1.80. The van der Waals surface area contributed by atoms with Crippen LogP contribution in [0.5, 0.6) is 0 Å². The summed E-state index contributed by atoms with van der Waals surface area (Å²) in [5, 5.41) is 0. The molecule has 1 aliphatic carbocycles. The summed E-state index contributed by atoms with van der Waals surface area (Å²) in [6, 6.07) is 8.39. The van der Waals surface area contributed by atoms with Gasteiger partial charge in [-0.3, -0.25) is 0 Å². The summed E-state index contributed by atoms with van der Waals surface area (Å²) in [6.45, 7) is 2.15. The van der Waals surface area contributed by atoms with Gasteiger partial charge in [0.15, 0.2) is 0 Å². The van der Waals surface area contributed by atoms with Crippen molar-refractivity contribution in [1.82, 2.24) is 0 Å². The van der Waals surface area contributed by atoms with E-state index in [4.69, 9.17) is 0 Å². The van der Waals surface area contributed by atoms with Crippen molar-refractivity contribution in [2.24, 2.45) is 0 Å². The topological polar surface area (TPSA) is 0 Å². The number of hydrogen-bond acceptors (Lipinski definition) is 0. The zero-order valence-electron chi connectivity index (χ0n) is 7.75. The molecule has 0 atom stereocenters. The van der Waals surface area contributed by atoms with Gasteiger partial charge in [-0.05, 0) is 36.6 Å². The van der Waals surface area contributed by atoms with E-state index in [9.17, 15) is 0 Å². The largest absolute Gasteiger partial charge is 0.124 e. The second-order valence-electron chi connectivity index (χ2n) is 3.34. The van der Waals surface area contributed by atoms with Gasteiger partial charge >= 0.3 is 0 Å². The maximum Gasteiger partial charge on any atom is -0.00620 e. The monoisotopic (exact) mass is 168 g/mol. The van der Waals surface area contributed by atoms with E-state index < -0.39 is 0 Å². The summed E-state index contributed by atoms with van der Waals surface area (Å²) >= 11 is 0. The Labute approximate surface area is 78.9 Å². The summed E-state index contributed by atoms with van der Waals surface area (Å²) in [5.74, 6) is 0. The normalized spacial score (nSPS) is 18.4. The molecule has 0 bridgehead atoms. The van der Waals surface area contributed by atoms with Crippen LogP contribution in [0.4, 0.5) is 0 Å². The fourth-order valence-electron chi connectivity index (χ4n) is 1.47. The van der Waals surface area contributed by atoms with Crippen LogP contribution < -0.4 is 0 Å². The molecule has 64 valence electrons. The number of rotatable bonds is 0. The number of hydrogen-bond donors (Lipinski definition) is 0. The van der Waals surface area contributed by atoms with Gasteiger partial charge in [0, 0.05) is 0 Å². The molecule has 0 nitrogen and oxygen atoms in total. The SMILES string of the molecule is C/C1=C/c2ccccc2C=C=CC1. The van der Waals surface area contributed by atoms with Crippen LogP contribution in [0.25, 0.3) is 12.2 Å². The van der Waals surface area contributed by atoms with Crippen molar-refractivity contribution in [2.75, 3.05) is 0 Å². The first-order valence-electron chi connectivity index (χ1n) is 4.53. The Morgan fingerprint density at radius 1 is 1.15 bits per heavy atom. The van der Waals surface area contributed by atoms with Gasteiger partial charge in [-0.2, -0.15) is 0 Å². The molecule has 0 aromatic heterocycles. The van der Waals surface area contributed by atoms with Crippen molar-refractivity contribution >= 4 is 12.2 Å². The maximum absolute atomic E-state index is 3.18. The lowest BCUT2D eigenvalue weighted by atomic mass is 10.0. The van der Waals surface area contributed by atoms with E-state index in [2.05, 4.69) is 49.1 Å². The summed E-state index contributed by atoms with van der Waals surface area (Å²) in [7, 11) is 0. The Hall–Kier alpha value is -1.52. The molecule has 0 unspecified atom stereocenters. The van der Waals surface area contributed by atoms with E-state index in [-0.39, 0.29) is 0 Å². The van der Waals surface area contributed by atoms with Gasteiger partial charge in [-0.1, -0.05) is 35.9 Å². The van der Waals surface area contributed by atoms with Gasteiger partial charge < -0.3 is 0 Å². The lowest BCUT2D eigenvalue weighted by Crippen LogP contribution is -1.83. The lowest BCUT2D eigenvalue weighted by Gasteiger charge is -2.03. The Balaban J connectivity index is 2.60. The standard InChI is InChI=1S/C13H12/c1-11-6-2-3-7-12-8-4-5-9-13(12)10-11/h2,4-5,7-10H,6H2,1H3/b11-10-.